The minimum Gasteiger partial charge on any atom is -0.363 e. The zero-order valence-electron chi connectivity index (χ0n) is 18.5. The molecule has 3 aromatic heterocycles. The predicted molar refractivity (Wildman–Crippen MR) is 122 cm³/mol. The standard InChI is InChI=1S/C20H24F3N7O2S2/c1-11-13(8-21)24-5-6-29(11)14-7-12(34(31,32)28-20(2)3-4-20)10-30-15(9-25-17(14)30)18-26-27-19(33-18)16(22)23/h7,9-11,13,16,24,28H,3-6,8H2,1-2H3/t11-,13-/m1/s1. The summed E-state index contributed by atoms with van der Waals surface area (Å²) in [6.45, 7) is 4.15. The van der Waals surface area contributed by atoms with Gasteiger partial charge >= 0.3 is 0 Å². The Balaban J connectivity index is 1.67. The first-order valence-electron chi connectivity index (χ1n) is 10.8. The van der Waals surface area contributed by atoms with Crippen LogP contribution in [0.15, 0.2) is 23.4 Å². The third kappa shape index (κ3) is 4.16. The van der Waals surface area contributed by atoms with Gasteiger partial charge in [0.2, 0.25) is 10.0 Å². The molecule has 5 rings (SSSR count). The van der Waals surface area contributed by atoms with Crippen LogP contribution in [0.25, 0.3) is 16.3 Å². The molecule has 1 aliphatic carbocycles. The zero-order valence-corrected chi connectivity index (χ0v) is 20.1. The Kier molecular flexibility index (Phi) is 5.81. The van der Waals surface area contributed by atoms with Crippen molar-refractivity contribution in [2.24, 2.45) is 0 Å². The van der Waals surface area contributed by atoms with E-state index in [9.17, 15) is 21.6 Å². The fourth-order valence-corrected chi connectivity index (χ4v) is 6.33. The van der Waals surface area contributed by atoms with Gasteiger partial charge in [0.1, 0.15) is 17.3 Å². The maximum absolute atomic E-state index is 13.6. The Morgan fingerprint density at radius 1 is 1.35 bits per heavy atom. The van der Waals surface area contributed by atoms with Crippen molar-refractivity contribution < 1.29 is 21.6 Å². The average Bonchev–Trinajstić information content (AvgIpc) is 3.19. The number of sulfonamides is 1. The fourth-order valence-electron chi connectivity index (χ4n) is 4.15. The lowest BCUT2D eigenvalue weighted by atomic mass is 10.1. The zero-order chi connectivity index (χ0) is 24.3. The summed E-state index contributed by atoms with van der Waals surface area (Å²) in [7, 11) is -3.90. The van der Waals surface area contributed by atoms with Crippen LogP contribution in [0.2, 0.25) is 0 Å². The van der Waals surface area contributed by atoms with Crippen molar-refractivity contribution in [2.75, 3.05) is 24.7 Å². The molecule has 3 aromatic rings. The molecule has 184 valence electrons. The van der Waals surface area contributed by atoms with Gasteiger partial charge in [-0.15, -0.1) is 10.2 Å². The summed E-state index contributed by atoms with van der Waals surface area (Å²) in [5.41, 5.74) is 0.798. The lowest BCUT2D eigenvalue weighted by Gasteiger charge is -2.40. The number of nitrogens with one attached hydrogen (secondary N) is 2. The number of hydrogen-bond acceptors (Lipinski definition) is 8. The van der Waals surface area contributed by atoms with Gasteiger partial charge in [-0.2, -0.15) is 0 Å². The van der Waals surface area contributed by atoms with Crippen LogP contribution in [0.1, 0.15) is 38.1 Å². The Labute approximate surface area is 198 Å². The lowest BCUT2D eigenvalue weighted by Crippen LogP contribution is -2.58. The van der Waals surface area contributed by atoms with Gasteiger partial charge in [-0.3, -0.25) is 4.40 Å². The molecule has 0 bridgehead atoms. The largest absolute Gasteiger partial charge is 0.363 e. The topological polar surface area (TPSA) is 105 Å². The van der Waals surface area contributed by atoms with E-state index >= 15 is 0 Å². The van der Waals surface area contributed by atoms with Gasteiger partial charge in [-0.25, -0.2) is 31.3 Å². The van der Waals surface area contributed by atoms with Gasteiger partial charge in [0.05, 0.1) is 17.9 Å². The summed E-state index contributed by atoms with van der Waals surface area (Å²) in [4.78, 5) is 6.39. The molecule has 1 saturated heterocycles. The monoisotopic (exact) mass is 515 g/mol. The molecule has 0 spiro atoms. The molecule has 1 aliphatic heterocycles. The minimum atomic E-state index is -3.90. The van der Waals surface area contributed by atoms with E-state index in [-0.39, 0.29) is 15.9 Å². The molecule has 2 aliphatic rings. The molecule has 2 fully saturated rings. The third-order valence-corrected chi connectivity index (χ3v) is 8.97. The Bertz CT molecular complexity index is 1320. The molecule has 0 amide bonds. The molecule has 1 saturated carbocycles. The van der Waals surface area contributed by atoms with Crippen LogP contribution in [-0.2, 0) is 10.0 Å². The summed E-state index contributed by atoms with van der Waals surface area (Å²) in [5, 5.41) is 10.3. The molecular weight excluding hydrogens is 491 g/mol. The third-order valence-electron chi connectivity index (χ3n) is 6.41. The van der Waals surface area contributed by atoms with Crippen LogP contribution in [0, 0.1) is 0 Å². The number of piperazine rings is 1. The first-order chi connectivity index (χ1) is 16.1. The van der Waals surface area contributed by atoms with Crippen molar-refractivity contribution in [3.05, 3.63) is 23.5 Å². The van der Waals surface area contributed by atoms with Gasteiger partial charge in [0.25, 0.3) is 6.43 Å². The van der Waals surface area contributed by atoms with Crippen molar-refractivity contribution in [3.8, 4) is 10.7 Å². The molecule has 0 unspecified atom stereocenters. The number of alkyl halides is 3. The Morgan fingerprint density at radius 2 is 2.12 bits per heavy atom. The minimum absolute atomic E-state index is 0.00324. The highest BCUT2D eigenvalue weighted by molar-refractivity contribution is 7.89. The first-order valence-corrected chi connectivity index (χ1v) is 13.1. The summed E-state index contributed by atoms with van der Waals surface area (Å²) < 4.78 is 70.6. The number of nitrogens with zero attached hydrogens (tertiary/aromatic N) is 5. The Hall–Kier alpha value is -2.29. The molecule has 34 heavy (non-hydrogen) atoms. The first kappa shape index (κ1) is 23.5. The molecule has 2 N–H and O–H groups in total. The van der Waals surface area contributed by atoms with E-state index in [1.54, 1.807) is 6.07 Å². The molecular formula is C20H24F3N7O2S2. The van der Waals surface area contributed by atoms with Crippen molar-refractivity contribution >= 4 is 32.7 Å². The van der Waals surface area contributed by atoms with Crippen LogP contribution in [-0.4, -0.2) is 65.4 Å². The van der Waals surface area contributed by atoms with Gasteiger partial charge in [0, 0.05) is 30.9 Å². The van der Waals surface area contributed by atoms with Gasteiger partial charge < -0.3 is 10.2 Å². The molecule has 2 atom stereocenters. The lowest BCUT2D eigenvalue weighted by molar-refractivity contribution is 0.150. The predicted octanol–water partition coefficient (Wildman–Crippen LogP) is 2.76. The second kappa shape index (κ2) is 8.43. The van der Waals surface area contributed by atoms with Crippen molar-refractivity contribution in [1.29, 1.82) is 0 Å². The fraction of sp³-hybridized carbons (Fsp3) is 0.550. The molecule has 4 heterocycles. The number of halogens is 3. The van der Waals surface area contributed by atoms with Crippen LogP contribution in [0.4, 0.5) is 18.9 Å². The molecule has 9 nitrogen and oxygen atoms in total. The van der Waals surface area contributed by atoms with Gasteiger partial charge in [0.15, 0.2) is 15.7 Å². The van der Waals surface area contributed by atoms with E-state index < -0.39 is 39.7 Å². The highest BCUT2D eigenvalue weighted by atomic mass is 32.2. The highest BCUT2D eigenvalue weighted by Crippen LogP contribution is 2.38. The number of fused-ring (bicyclic) bond motifs is 1. The summed E-state index contributed by atoms with van der Waals surface area (Å²) in [6, 6.07) is 0.840. The van der Waals surface area contributed by atoms with Gasteiger partial charge in [-0.05, 0) is 32.8 Å². The van der Waals surface area contributed by atoms with E-state index in [1.807, 2.05) is 18.7 Å². The van der Waals surface area contributed by atoms with E-state index in [1.165, 1.54) is 16.8 Å². The van der Waals surface area contributed by atoms with E-state index in [0.717, 1.165) is 24.2 Å². The number of rotatable bonds is 7. The molecule has 14 heteroatoms. The second-order valence-electron chi connectivity index (χ2n) is 8.96. The quantitative estimate of drug-likeness (QED) is 0.499. The summed E-state index contributed by atoms with van der Waals surface area (Å²) >= 11 is 0.722. The van der Waals surface area contributed by atoms with Crippen LogP contribution < -0.4 is 14.9 Å². The number of hydrogen-bond donors (Lipinski definition) is 2. The second-order valence-corrected chi connectivity index (χ2v) is 11.7. The van der Waals surface area contributed by atoms with Crippen molar-refractivity contribution in [1.82, 2.24) is 29.6 Å². The SMILES string of the molecule is C[C@@H]1[C@@H](CF)NCCN1c1cc(S(=O)(=O)NC2(C)CC2)cn2c(-c3nnc(C(F)F)s3)cnc12. The molecule has 0 aromatic carbocycles. The van der Waals surface area contributed by atoms with Crippen molar-refractivity contribution in [3.63, 3.8) is 0 Å². The average molecular weight is 516 g/mol. The van der Waals surface area contributed by atoms with Crippen molar-refractivity contribution in [2.45, 2.75) is 55.6 Å². The summed E-state index contributed by atoms with van der Waals surface area (Å²) in [6.07, 6.45) is 1.59. The van der Waals surface area contributed by atoms with Crippen LogP contribution in [0.5, 0.6) is 0 Å². The normalized spacial score (nSPS) is 22.6. The van der Waals surface area contributed by atoms with E-state index in [0.29, 0.717) is 30.1 Å². The smallest absolute Gasteiger partial charge is 0.291 e. The maximum atomic E-state index is 13.6. The maximum Gasteiger partial charge on any atom is 0.291 e. The highest BCUT2D eigenvalue weighted by Gasteiger charge is 2.42. The Morgan fingerprint density at radius 3 is 2.76 bits per heavy atom. The number of imidazole rings is 1. The van der Waals surface area contributed by atoms with Crippen LogP contribution >= 0.6 is 11.3 Å². The van der Waals surface area contributed by atoms with Crippen LogP contribution in [0.3, 0.4) is 0 Å². The number of aromatic nitrogens is 4. The number of anilines is 1. The molecule has 0 radical (unpaired) electrons. The number of pyridine rings is 1. The van der Waals surface area contributed by atoms with E-state index in [4.69, 9.17) is 0 Å². The summed E-state index contributed by atoms with van der Waals surface area (Å²) in [5.74, 6) is 0. The van der Waals surface area contributed by atoms with E-state index in [2.05, 4.69) is 25.2 Å². The van der Waals surface area contributed by atoms with Gasteiger partial charge in [-0.1, -0.05) is 11.3 Å².